The number of anilines is 1. The van der Waals surface area contributed by atoms with E-state index in [0.29, 0.717) is 11.3 Å². The average molecular weight is 259 g/mol. The van der Waals surface area contributed by atoms with E-state index in [1.165, 1.54) is 0 Å². The summed E-state index contributed by atoms with van der Waals surface area (Å²) in [5.74, 6) is -0.0329. The summed E-state index contributed by atoms with van der Waals surface area (Å²) in [6.07, 6.45) is 3.90. The van der Waals surface area contributed by atoms with Gasteiger partial charge in [-0.15, -0.1) is 6.58 Å². The molecule has 1 aromatic rings. The average Bonchev–Trinajstić information content (AvgIpc) is 2.41. The number of piperidine rings is 1. The molecular formula is C15H21N3O. The van der Waals surface area contributed by atoms with Crippen LogP contribution in [0.25, 0.3) is 0 Å². The van der Waals surface area contributed by atoms with Crippen LogP contribution in [0, 0.1) is 0 Å². The Morgan fingerprint density at radius 1 is 1.47 bits per heavy atom. The van der Waals surface area contributed by atoms with Crippen LogP contribution in [0.5, 0.6) is 0 Å². The molecule has 0 atom stereocenters. The summed E-state index contributed by atoms with van der Waals surface area (Å²) >= 11 is 0. The van der Waals surface area contributed by atoms with Crippen molar-refractivity contribution in [2.75, 3.05) is 25.4 Å². The Bertz CT molecular complexity index is 450. The van der Waals surface area contributed by atoms with E-state index in [9.17, 15) is 4.79 Å². The fraction of sp³-hybridized carbons (Fsp3) is 0.400. The van der Waals surface area contributed by atoms with Gasteiger partial charge in [0.15, 0.2) is 0 Å². The number of nitrogen functional groups attached to an aromatic ring is 1. The van der Waals surface area contributed by atoms with Gasteiger partial charge in [0, 0.05) is 36.9 Å². The lowest BCUT2D eigenvalue weighted by atomic mass is 10.0. The van der Waals surface area contributed by atoms with Gasteiger partial charge in [-0.05, 0) is 31.0 Å². The normalized spacial score (nSPS) is 17.1. The molecule has 1 saturated heterocycles. The van der Waals surface area contributed by atoms with Crippen LogP contribution in [0.4, 0.5) is 5.69 Å². The van der Waals surface area contributed by atoms with Crippen molar-refractivity contribution in [3.05, 3.63) is 42.5 Å². The van der Waals surface area contributed by atoms with Crippen molar-refractivity contribution in [2.24, 2.45) is 0 Å². The zero-order chi connectivity index (χ0) is 13.7. The second-order valence-corrected chi connectivity index (χ2v) is 4.96. The molecule has 1 amide bonds. The minimum absolute atomic E-state index is 0.0329. The number of hydrogen-bond donors (Lipinski definition) is 2. The summed E-state index contributed by atoms with van der Waals surface area (Å²) in [6.45, 7) is 6.69. The Morgan fingerprint density at radius 2 is 2.21 bits per heavy atom. The minimum atomic E-state index is -0.0329. The molecule has 0 aliphatic carbocycles. The van der Waals surface area contributed by atoms with Gasteiger partial charge in [-0.2, -0.15) is 0 Å². The van der Waals surface area contributed by atoms with Gasteiger partial charge >= 0.3 is 0 Å². The lowest BCUT2D eigenvalue weighted by molar-refractivity contribution is 0.0914. The summed E-state index contributed by atoms with van der Waals surface area (Å²) < 4.78 is 0. The summed E-state index contributed by atoms with van der Waals surface area (Å²) in [4.78, 5) is 14.4. The van der Waals surface area contributed by atoms with Gasteiger partial charge in [0.2, 0.25) is 0 Å². The lowest BCUT2D eigenvalue weighted by Gasteiger charge is -2.31. The van der Waals surface area contributed by atoms with Crippen LogP contribution < -0.4 is 11.1 Å². The highest BCUT2D eigenvalue weighted by Gasteiger charge is 2.20. The second kappa shape index (κ2) is 6.38. The third-order valence-electron chi connectivity index (χ3n) is 3.46. The number of amides is 1. The summed E-state index contributed by atoms with van der Waals surface area (Å²) in [6, 6.07) is 7.34. The van der Waals surface area contributed by atoms with Crippen molar-refractivity contribution in [1.82, 2.24) is 10.2 Å². The second-order valence-electron chi connectivity index (χ2n) is 4.96. The molecule has 4 nitrogen and oxygen atoms in total. The minimum Gasteiger partial charge on any atom is -0.399 e. The third kappa shape index (κ3) is 3.83. The maximum absolute atomic E-state index is 12.1. The van der Waals surface area contributed by atoms with Crippen LogP contribution in [-0.2, 0) is 0 Å². The molecule has 2 rings (SSSR count). The van der Waals surface area contributed by atoms with Crippen molar-refractivity contribution in [2.45, 2.75) is 18.9 Å². The van der Waals surface area contributed by atoms with E-state index < -0.39 is 0 Å². The Morgan fingerprint density at radius 3 is 2.84 bits per heavy atom. The number of nitrogens with zero attached hydrogens (tertiary/aromatic N) is 1. The van der Waals surface area contributed by atoms with Crippen molar-refractivity contribution in [1.29, 1.82) is 0 Å². The zero-order valence-corrected chi connectivity index (χ0v) is 11.1. The number of carbonyl (C=O) groups excluding carboxylic acids is 1. The first-order valence-corrected chi connectivity index (χ1v) is 6.68. The van der Waals surface area contributed by atoms with Crippen LogP contribution in [0.1, 0.15) is 23.2 Å². The number of carbonyl (C=O) groups is 1. The lowest BCUT2D eigenvalue weighted by Crippen LogP contribution is -2.44. The molecule has 19 heavy (non-hydrogen) atoms. The van der Waals surface area contributed by atoms with Crippen LogP contribution in [0.15, 0.2) is 36.9 Å². The maximum atomic E-state index is 12.1. The molecule has 1 aromatic carbocycles. The van der Waals surface area contributed by atoms with E-state index >= 15 is 0 Å². The first kappa shape index (κ1) is 13.6. The molecule has 0 unspecified atom stereocenters. The SMILES string of the molecule is C=CCN1CCC(NC(=O)c2cccc(N)c2)CC1. The van der Waals surface area contributed by atoms with Gasteiger partial charge < -0.3 is 11.1 Å². The van der Waals surface area contributed by atoms with Gasteiger partial charge in [-0.1, -0.05) is 12.1 Å². The number of likely N-dealkylation sites (tertiary alicyclic amines) is 1. The number of hydrogen-bond acceptors (Lipinski definition) is 3. The number of nitrogens with one attached hydrogen (secondary N) is 1. The smallest absolute Gasteiger partial charge is 0.251 e. The van der Waals surface area contributed by atoms with Crippen LogP contribution >= 0.6 is 0 Å². The number of nitrogens with two attached hydrogens (primary N) is 1. The summed E-state index contributed by atoms with van der Waals surface area (Å²) in [7, 11) is 0. The number of rotatable bonds is 4. The van der Waals surface area contributed by atoms with E-state index in [-0.39, 0.29) is 11.9 Å². The monoisotopic (exact) mass is 259 g/mol. The van der Waals surface area contributed by atoms with E-state index in [2.05, 4.69) is 16.8 Å². The van der Waals surface area contributed by atoms with Crippen molar-refractivity contribution >= 4 is 11.6 Å². The molecule has 1 aliphatic heterocycles. The molecule has 102 valence electrons. The van der Waals surface area contributed by atoms with E-state index in [4.69, 9.17) is 5.73 Å². The highest BCUT2D eigenvalue weighted by atomic mass is 16.1. The molecule has 1 heterocycles. The Balaban J connectivity index is 1.85. The highest BCUT2D eigenvalue weighted by molar-refractivity contribution is 5.95. The molecule has 1 aliphatic rings. The quantitative estimate of drug-likeness (QED) is 0.638. The first-order valence-electron chi connectivity index (χ1n) is 6.68. The maximum Gasteiger partial charge on any atom is 0.251 e. The molecule has 1 fully saturated rings. The van der Waals surface area contributed by atoms with Crippen LogP contribution in [0.3, 0.4) is 0 Å². The first-order chi connectivity index (χ1) is 9.19. The zero-order valence-electron chi connectivity index (χ0n) is 11.1. The molecule has 0 spiro atoms. The van der Waals surface area contributed by atoms with Crippen molar-refractivity contribution < 1.29 is 4.79 Å². The standard InChI is InChI=1S/C15H21N3O/c1-2-8-18-9-6-14(7-10-18)17-15(19)12-4-3-5-13(16)11-12/h2-5,11,14H,1,6-10,16H2,(H,17,19). The predicted octanol–water partition coefficient (Wildman–Crippen LogP) is 1.65. The molecule has 0 aromatic heterocycles. The molecule has 0 radical (unpaired) electrons. The van der Waals surface area contributed by atoms with Crippen molar-refractivity contribution in [3.63, 3.8) is 0 Å². The molecule has 3 N–H and O–H groups in total. The van der Waals surface area contributed by atoms with E-state index in [0.717, 1.165) is 32.5 Å². The van der Waals surface area contributed by atoms with Gasteiger partial charge in [0.05, 0.1) is 0 Å². The molecular weight excluding hydrogens is 238 g/mol. The Labute approximate surface area is 114 Å². The Kier molecular flexibility index (Phi) is 4.58. The largest absolute Gasteiger partial charge is 0.399 e. The molecule has 0 saturated carbocycles. The fourth-order valence-electron chi connectivity index (χ4n) is 2.39. The van der Waals surface area contributed by atoms with Crippen LogP contribution in [-0.4, -0.2) is 36.5 Å². The number of benzene rings is 1. The third-order valence-corrected chi connectivity index (χ3v) is 3.46. The van der Waals surface area contributed by atoms with Crippen molar-refractivity contribution in [3.8, 4) is 0 Å². The molecule has 4 heteroatoms. The molecule has 0 bridgehead atoms. The fourth-order valence-corrected chi connectivity index (χ4v) is 2.39. The Hall–Kier alpha value is -1.81. The van der Waals surface area contributed by atoms with Gasteiger partial charge in [-0.25, -0.2) is 0 Å². The van der Waals surface area contributed by atoms with Crippen LogP contribution in [0.2, 0.25) is 0 Å². The van der Waals surface area contributed by atoms with Gasteiger partial charge in [-0.3, -0.25) is 9.69 Å². The van der Waals surface area contributed by atoms with Gasteiger partial charge in [0.25, 0.3) is 5.91 Å². The van der Waals surface area contributed by atoms with E-state index in [1.807, 2.05) is 6.08 Å². The topological polar surface area (TPSA) is 58.4 Å². The highest BCUT2D eigenvalue weighted by Crippen LogP contribution is 2.12. The van der Waals surface area contributed by atoms with E-state index in [1.54, 1.807) is 24.3 Å². The van der Waals surface area contributed by atoms with Gasteiger partial charge in [0.1, 0.15) is 0 Å². The summed E-state index contributed by atoms with van der Waals surface area (Å²) in [5.41, 5.74) is 6.94. The summed E-state index contributed by atoms with van der Waals surface area (Å²) in [5, 5.41) is 3.08. The predicted molar refractivity (Wildman–Crippen MR) is 78.0 cm³/mol.